The predicted octanol–water partition coefficient (Wildman–Crippen LogP) is 3.17. The van der Waals surface area contributed by atoms with Crippen LogP contribution in [0.2, 0.25) is 0 Å². The molecule has 1 amide bonds. The highest BCUT2D eigenvalue weighted by Gasteiger charge is 2.22. The second-order valence-corrected chi connectivity index (χ2v) is 6.37. The molecule has 2 aromatic carbocycles. The minimum Gasteiger partial charge on any atom is -0.486 e. The summed E-state index contributed by atoms with van der Waals surface area (Å²) in [5, 5.41) is 2.84. The maximum Gasteiger partial charge on any atom is 0.260 e. The van der Waals surface area contributed by atoms with Crippen molar-refractivity contribution >= 4 is 21.8 Å². The van der Waals surface area contributed by atoms with Gasteiger partial charge >= 0.3 is 0 Å². The van der Waals surface area contributed by atoms with Gasteiger partial charge in [-0.15, -0.1) is 0 Å². The summed E-state index contributed by atoms with van der Waals surface area (Å²) in [6.45, 7) is 2.48. The number of rotatable bonds is 5. The van der Waals surface area contributed by atoms with Gasteiger partial charge in [0, 0.05) is 4.47 Å². The second kappa shape index (κ2) is 7.57. The van der Waals surface area contributed by atoms with E-state index in [-0.39, 0.29) is 12.0 Å². The molecule has 6 heteroatoms. The van der Waals surface area contributed by atoms with Crippen LogP contribution < -0.4 is 19.5 Å². The number of hydrogen-bond donors (Lipinski definition) is 1. The summed E-state index contributed by atoms with van der Waals surface area (Å²) in [6.07, 6.45) is -0.813. The summed E-state index contributed by atoms with van der Waals surface area (Å²) in [4.78, 5) is 12.2. The van der Waals surface area contributed by atoms with Crippen LogP contribution in [0.15, 0.2) is 53.0 Å². The fourth-order valence-corrected chi connectivity index (χ4v) is 2.56. The molecule has 0 saturated carbocycles. The van der Waals surface area contributed by atoms with E-state index < -0.39 is 6.10 Å². The Balaban J connectivity index is 1.48. The number of nitrogens with one attached hydrogen (secondary N) is 1. The van der Waals surface area contributed by atoms with Crippen molar-refractivity contribution in [2.75, 3.05) is 13.2 Å². The average molecular weight is 392 g/mol. The quantitative estimate of drug-likeness (QED) is 0.850. The molecular weight excluding hydrogens is 374 g/mol. The van der Waals surface area contributed by atoms with E-state index in [2.05, 4.69) is 21.2 Å². The predicted molar refractivity (Wildman–Crippen MR) is 93.6 cm³/mol. The molecule has 0 aromatic heterocycles. The molecule has 0 radical (unpaired) electrons. The number of para-hydroxylation sites is 2. The molecule has 126 valence electrons. The molecule has 0 spiro atoms. The lowest BCUT2D eigenvalue weighted by Crippen LogP contribution is -2.44. The van der Waals surface area contributed by atoms with Crippen molar-refractivity contribution in [3.8, 4) is 17.2 Å². The molecule has 0 fully saturated rings. The van der Waals surface area contributed by atoms with E-state index in [1.807, 2.05) is 48.5 Å². The Morgan fingerprint density at radius 2 is 1.96 bits per heavy atom. The molecule has 5 nitrogen and oxygen atoms in total. The standard InChI is InChI=1S/C18H18BrNO4/c1-12(23-14-8-6-13(19)7-9-14)18(21)20-10-15-11-22-16-4-2-3-5-17(16)24-15/h2-9,12,15H,10-11H2,1H3,(H,20,21)/t12-,15-/m0/s1. The summed E-state index contributed by atoms with van der Waals surface area (Å²) >= 11 is 3.36. The van der Waals surface area contributed by atoms with Gasteiger partial charge in [0.1, 0.15) is 18.5 Å². The Hall–Kier alpha value is -2.21. The van der Waals surface area contributed by atoms with Crippen LogP contribution in [-0.2, 0) is 4.79 Å². The number of fused-ring (bicyclic) bond motifs is 1. The van der Waals surface area contributed by atoms with E-state index in [4.69, 9.17) is 14.2 Å². The van der Waals surface area contributed by atoms with E-state index >= 15 is 0 Å². The smallest absolute Gasteiger partial charge is 0.260 e. The molecule has 0 saturated heterocycles. The first-order valence-electron chi connectivity index (χ1n) is 7.70. The highest BCUT2D eigenvalue weighted by Crippen LogP contribution is 2.30. The van der Waals surface area contributed by atoms with Crippen molar-refractivity contribution in [3.63, 3.8) is 0 Å². The van der Waals surface area contributed by atoms with Gasteiger partial charge in [0.05, 0.1) is 6.54 Å². The number of halogens is 1. The van der Waals surface area contributed by atoms with Gasteiger partial charge in [-0.25, -0.2) is 0 Å². The van der Waals surface area contributed by atoms with Crippen LogP contribution in [-0.4, -0.2) is 31.3 Å². The Bertz CT molecular complexity index is 704. The molecule has 24 heavy (non-hydrogen) atoms. The molecule has 1 N–H and O–H groups in total. The zero-order valence-electron chi connectivity index (χ0n) is 13.2. The van der Waals surface area contributed by atoms with Gasteiger partial charge in [0.25, 0.3) is 5.91 Å². The Kier molecular flexibility index (Phi) is 5.25. The van der Waals surface area contributed by atoms with Gasteiger partial charge < -0.3 is 19.5 Å². The first kappa shape index (κ1) is 16.6. The van der Waals surface area contributed by atoms with Crippen molar-refractivity contribution in [2.24, 2.45) is 0 Å². The van der Waals surface area contributed by atoms with Crippen LogP contribution in [0.5, 0.6) is 17.2 Å². The fraction of sp³-hybridized carbons (Fsp3) is 0.278. The van der Waals surface area contributed by atoms with Crippen LogP contribution in [0.1, 0.15) is 6.92 Å². The summed E-state index contributed by atoms with van der Waals surface area (Å²) in [5.74, 6) is 1.88. The maximum absolute atomic E-state index is 12.2. The largest absolute Gasteiger partial charge is 0.486 e. The first-order valence-corrected chi connectivity index (χ1v) is 8.49. The summed E-state index contributed by atoms with van der Waals surface area (Å²) in [6, 6.07) is 14.8. The van der Waals surface area contributed by atoms with Crippen LogP contribution in [0.25, 0.3) is 0 Å². The average Bonchev–Trinajstić information content (AvgIpc) is 2.61. The van der Waals surface area contributed by atoms with E-state index in [1.165, 1.54) is 0 Å². The lowest BCUT2D eigenvalue weighted by atomic mass is 10.2. The van der Waals surface area contributed by atoms with Gasteiger partial charge in [-0.3, -0.25) is 4.79 Å². The van der Waals surface area contributed by atoms with Gasteiger partial charge in [-0.05, 0) is 43.3 Å². The van der Waals surface area contributed by atoms with Gasteiger partial charge in [0.15, 0.2) is 17.6 Å². The molecular formula is C18H18BrNO4. The lowest BCUT2D eigenvalue weighted by molar-refractivity contribution is -0.127. The highest BCUT2D eigenvalue weighted by atomic mass is 79.9. The SMILES string of the molecule is C[C@H](Oc1ccc(Br)cc1)C(=O)NC[C@H]1COc2ccccc2O1. The van der Waals surface area contributed by atoms with Crippen molar-refractivity contribution < 1.29 is 19.0 Å². The third-order valence-electron chi connectivity index (χ3n) is 3.57. The summed E-state index contributed by atoms with van der Waals surface area (Å²) in [7, 11) is 0. The fourth-order valence-electron chi connectivity index (χ4n) is 2.29. The Morgan fingerprint density at radius 3 is 2.71 bits per heavy atom. The Labute approximate surface area is 149 Å². The third-order valence-corrected chi connectivity index (χ3v) is 4.10. The van der Waals surface area contributed by atoms with Crippen LogP contribution in [0.4, 0.5) is 0 Å². The monoisotopic (exact) mass is 391 g/mol. The van der Waals surface area contributed by atoms with E-state index in [9.17, 15) is 4.79 Å². The van der Waals surface area contributed by atoms with E-state index in [1.54, 1.807) is 6.92 Å². The lowest BCUT2D eigenvalue weighted by Gasteiger charge is -2.27. The number of benzene rings is 2. The van der Waals surface area contributed by atoms with Crippen molar-refractivity contribution in [1.82, 2.24) is 5.32 Å². The van der Waals surface area contributed by atoms with Gasteiger partial charge in [0.2, 0.25) is 0 Å². The number of hydrogen-bond acceptors (Lipinski definition) is 4. The second-order valence-electron chi connectivity index (χ2n) is 5.46. The molecule has 0 bridgehead atoms. The first-order chi connectivity index (χ1) is 11.6. The molecule has 3 rings (SSSR count). The normalized spacial score (nSPS) is 17.0. The molecule has 1 aliphatic rings. The highest BCUT2D eigenvalue weighted by molar-refractivity contribution is 9.10. The molecule has 1 heterocycles. The minimum absolute atomic E-state index is 0.194. The number of ether oxygens (including phenoxy) is 3. The molecule has 2 aromatic rings. The molecule has 1 aliphatic heterocycles. The van der Waals surface area contributed by atoms with E-state index in [0.717, 1.165) is 10.2 Å². The summed E-state index contributed by atoms with van der Waals surface area (Å²) < 4.78 is 18.0. The zero-order valence-corrected chi connectivity index (χ0v) is 14.8. The number of carbonyl (C=O) groups excluding carboxylic acids is 1. The van der Waals surface area contributed by atoms with Crippen LogP contribution in [0, 0.1) is 0 Å². The summed E-state index contributed by atoms with van der Waals surface area (Å²) in [5.41, 5.74) is 0. The molecule has 0 unspecified atom stereocenters. The Morgan fingerprint density at radius 1 is 1.25 bits per heavy atom. The van der Waals surface area contributed by atoms with Gasteiger partial charge in [-0.1, -0.05) is 28.1 Å². The van der Waals surface area contributed by atoms with Crippen LogP contribution >= 0.6 is 15.9 Å². The third kappa shape index (κ3) is 4.20. The van der Waals surface area contributed by atoms with Crippen molar-refractivity contribution in [1.29, 1.82) is 0 Å². The van der Waals surface area contributed by atoms with Gasteiger partial charge in [-0.2, -0.15) is 0 Å². The van der Waals surface area contributed by atoms with Crippen molar-refractivity contribution in [3.05, 3.63) is 53.0 Å². The number of amides is 1. The molecule has 0 aliphatic carbocycles. The molecule has 2 atom stereocenters. The van der Waals surface area contributed by atoms with Crippen LogP contribution in [0.3, 0.4) is 0 Å². The maximum atomic E-state index is 12.2. The van der Waals surface area contributed by atoms with Crippen molar-refractivity contribution in [2.45, 2.75) is 19.1 Å². The van der Waals surface area contributed by atoms with E-state index in [0.29, 0.717) is 24.7 Å². The number of carbonyl (C=O) groups is 1. The zero-order chi connectivity index (χ0) is 16.9. The minimum atomic E-state index is -0.594. The topological polar surface area (TPSA) is 56.8 Å².